The van der Waals surface area contributed by atoms with E-state index in [0.29, 0.717) is 18.2 Å². The highest BCUT2D eigenvalue weighted by Crippen LogP contribution is 2.30. The SMILES string of the molecule is CC[C@H](C)c1ccccc1NC(=O)[C@@H]1CC(=O)N(c2cccc(OC)c2)C1. The van der Waals surface area contributed by atoms with Crippen molar-refractivity contribution in [1.82, 2.24) is 0 Å². The molecule has 5 nitrogen and oxygen atoms in total. The molecule has 1 fully saturated rings. The Bertz CT molecular complexity index is 834. The molecule has 0 aliphatic carbocycles. The molecule has 0 aromatic heterocycles. The molecular formula is C22H26N2O3. The Kier molecular flexibility index (Phi) is 5.79. The average Bonchev–Trinajstić information content (AvgIpc) is 3.09. The summed E-state index contributed by atoms with van der Waals surface area (Å²) in [6.45, 7) is 4.66. The highest BCUT2D eigenvalue weighted by atomic mass is 16.5. The van der Waals surface area contributed by atoms with Gasteiger partial charge < -0.3 is 15.0 Å². The van der Waals surface area contributed by atoms with Gasteiger partial charge in [-0.05, 0) is 36.1 Å². The topological polar surface area (TPSA) is 58.6 Å². The second-order valence-electron chi connectivity index (χ2n) is 6.99. The number of nitrogens with zero attached hydrogens (tertiary/aromatic N) is 1. The standard InChI is InChI=1S/C22H26N2O3/c1-4-15(2)19-10-5-6-11-20(19)23-22(26)16-12-21(25)24(14-16)17-8-7-9-18(13-17)27-3/h5-11,13,15-16H,4,12,14H2,1-3H3,(H,23,26)/t15-,16+/m0/s1. The smallest absolute Gasteiger partial charge is 0.229 e. The normalized spacial score (nSPS) is 17.7. The van der Waals surface area contributed by atoms with Gasteiger partial charge >= 0.3 is 0 Å². The number of ether oxygens (including phenoxy) is 1. The summed E-state index contributed by atoms with van der Waals surface area (Å²) in [6.07, 6.45) is 1.22. The van der Waals surface area contributed by atoms with Gasteiger partial charge in [0.25, 0.3) is 0 Å². The molecule has 27 heavy (non-hydrogen) atoms. The first kappa shape index (κ1) is 19.0. The van der Waals surface area contributed by atoms with Crippen molar-refractivity contribution < 1.29 is 14.3 Å². The molecule has 142 valence electrons. The molecule has 0 saturated carbocycles. The van der Waals surface area contributed by atoms with Gasteiger partial charge in [0.1, 0.15) is 5.75 Å². The second-order valence-corrected chi connectivity index (χ2v) is 6.99. The van der Waals surface area contributed by atoms with E-state index < -0.39 is 0 Å². The number of hydrogen-bond acceptors (Lipinski definition) is 3. The van der Waals surface area contributed by atoms with Crippen molar-refractivity contribution in [1.29, 1.82) is 0 Å². The predicted molar refractivity (Wildman–Crippen MR) is 107 cm³/mol. The lowest BCUT2D eigenvalue weighted by atomic mass is 9.96. The zero-order valence-electron chi connectivity index (χ0n) is 16.1. The molecule has 1 heterocycles. The second kappa shape index (κ2) is 8.25. The van der Waals surface area contributed by atoms with Gasteiger partial charge in [0.15, 0.2) is 0 Å². The Morgan fingerprint density at radius 2 is 2.04 bits per heavy atom. The van der Waals surface area contributed by atoms with Gasteiger partial charge in [-0.25, -0.2) is 0 Å². The number of para-hydroxylation sites is 1. The summed E-state index contributed by atoms with van der Waals surface area (Å²) in [7, 11) is 1.59. The highest BCUT2D eigenvalue weighted by molar-refractivity contribution is 6.03. The monoisotopic (exact) mass is 366 g/mol. The summed E-state index contributed by atoms with van der Waals surface area (Å²) in [4.78, 5) is 26.9. The van der Waals surface area contributed by atoms with Gasteiger partial charge in [-0.3, -0.25) is 9.59 Å². The molecule has 5 heteroatoms. The quantitative estimate of drug-likeness (QED) is 0.833. The molecule has 0 spiro atoms. The van der Waals surface area contributed by atoms with E-state index in [1.165, 1.54) is 0 Å². The van der Waals surface area contributed by atoms with Crippen LogP contribution in [0.5, 0.6) is 5.75 Å². The van der Waals surface area contributed by atoms with Crippen LogP contribution in [0.25, 0.3) is 0 Å². The summed E-state index contributed by atoms with van der Waals surface area (Å²) < 4.78 is 5.23. The summed E-state index contributed by atoms with van der Waals surface area (Å²) >= 11 is 0. The Labute approximate surface area is 160 Å². The van der Waals surface area contributed by atoms with Crippen molar-refractivity contribution in [2.45, 2.75) is 32.6 Å². The number of anilines is 2. The van der Waals surface area contributed by atoms with Crippen molar-refractivity contribution in [3.63, 3.8) is 0 Å². The third kappa shape index (κ3) is 4.13. The van der Waals surface area contributed by atoms with Crippen LogP contribution < -0.4 is 15.0 Å². The van der Waals surface area contributed by atoms with E-state index >= 15 is 0 Å². The number of nitrogens with one attached hydrogen (secondary N) is 1. The Balaban J connectivity index is 1.73. The maximum Gasteiger partial charge on any atom is 0.229 e. The van der Waals surface area contributed by atoms with Crippen LogP contribution in [0, 0.1) is 5.92 Å². The number of benzene rings is 2. The third-order valence-electron chi connectivity index (χ3n) is 5.22. The van der Waals surface area contributed by atoms with Gasteiger partial charge in [-0.1, -0.05) is 38.1 Å². The molecule has 3 rings (SSSR count). The number of amides is 2. The molecular weight excluding hydrogens is 340 g/mol. The lowest BCUT2D eigenvalue weighted by Crippen LogP contribution is -2.28. The van der Waals surface area contributed by atoms with Crippen LogP contribution in [0.4, 0.5) is 11.4 Å². The summed E-state index contributed by atoms with van der Waals surface area (Å²) in [6, 6.07) is 15.2. The maximum atomic E-state index is 12.8. The van der Waals surface area contributed by atoms with Crippen LogP contribution in [0.3, 0.4) is 0 Å². The fourth-order valence-electron chi connectivity index (χ4n) is 3.41. The lowest BCUT2D eigenvalue weighted by Gasteiger charge is -2.19. The van der Waals surface area contributed by atoms with Crippen molar-refractivity contribution in [2.75, 3.05) is 23.9 Å². The summed E-state index contributed by atoms with van der Waals surface area (Å²) in [5.74, 6) is 0.535. The minimum atomic E-state index is -0.367. The molecule has 1 N–H and O–H groups in total. The van der Waals surface area contributed by atoms with Gasteiger partial charge in [0, 0.05) is 30.4 Å². The van der Waals surface area contributed by atoms with Crippen molar-refractivity contribution >= 4 is 23.2 Å². The summed E-state index contributed by atoms with van der Waals surface area (Å²) in [5.41, 5.74) is 2.72. The molecule has 2 aromatic carbocycles. The van der Waals surface area contributed by atoms with E-state index in [2.05, 4.69) is 19.2 Å². The minimum Gasteiger partial charge on any atom is -0.497 e. The van der Waals surface area contributed by atoms with Gasteiger partial charge in [-0.2, -0.15) is 0 Å². The van der Waals surface area contributed by atoms with Crippen LogP contribution in [-0.2, 0) is 9.59 Å². The third-order valence-corrected chi connectivity index (χ3v) is 5.22. The maximum absolute atomic E-state index is 12.8. The highest BCUT2D eigenvalue weighted by Gasteiger charge is 2.35. The molecule has 1 aliphatic rings. The van der Waals surface area contributed by atoms with Crippen molar-refractivity contribution in [3.05, 3.63) is 54.1 Å². The lowest BCUT2D eigenvalue weighted by molar-refractivity contribution is -0.122. The Morgan fingerprint density at radius 3 is 2.78 bits per heavy atom. The van der Waals surface area contributed by atoms with Crippen molar-refractivity contribution in [3.8, 4) is 5.75 Å². The van der Waals surface area contributed by atoms with Crippen LogP contribution >= 0.6 is 0 Å². The van der Waals surface area contributed by atoms with Gasteiger partial charge in [0.05, 0.1) is 13.0 Å². The van der Waals surface area contributed by atoms with Crippen LogP contribution in [0.2, 0.25) is 0 Å². The van der Waals surface area contributed by atoms with E-state index in [-0.39, 0.29) is 24.2 Å². The number of carbonyl (C=O) groups excluding carboxylic acids is 2. The zero-order valence-corrected chi connectivity index (χ0v) is 16.1. The number of rotatable bonds is 6. The molecule has 0 radical (unpaired) electrons. The first-order valence-electron chi connectivity index (χ1n) is 9.37. The van der Waals surface area contributed by atoms with E-state index in [1.54, 1.807) is 12.0 Å². The van der Waals surface area contributed by atoms with E-state index in [4.69, 9.17) is 4.74 Å². The van der Waals surface area contributed by atoms with Gasteiger partial charge in [0.2, 0.25) is 11.8 Å². The molecule has 1 saturated heterocycles. The largest absolute Gasteiger partial charge is 0.497 e. The number of carbonyl (C=O) groups is 2. The Hall–Kier alpha value is -2.82. The summed E-state index contributed by atoms with van der Waals surface area (Å²) in [5, 5.41) is 3.04. The Morgan fingerprint density at radius 1 is 1.26 bits per heavy atom. The van der Waals surface area contributed by atoms with E-state index in [1.807, 2.05) is 48.5 Å². The van der Waals surface area contributed by atoms with Crippen LogP contribution in [0.1, 0.15) is 38.2 Å². The number of methoxy groups -OCH3 is 1. The fourth-order valence-corrected chi connectivity index (χ4v) is 3.41. The molecule has 1 aliphatic heterocycles. The molecule has 0 bridgehead atoms. The van der Waals surface area contributed by atoms with Crippen LogP contribution in [0.15, 0.2) is 48.5 Å². The molecule has 2 aromatic rings. The number of hydrogen-bond donors (Lipinski definition) is 1. The van der Waals surface area contributed by atoms with Crippen LogP contribution in [-0.4, -0.2) is 25.5 Å². The van der Waals surface area contributed by atoms with Crippen molar-refractivity contribution in [2.24, 2.45) is 5.92 Å². The minimum absolute atomic E-state index is 0.0429. The molecule has 2 atom stereocenters. The molecule has 2 amide bonds. The average molecular weight is 366 g/mol. The molecule has 0 unspecified atom stereocenters. The predicted octanol–water partition coefficient (Wildman–Crippen LogP) is 4.20. The van der Waals surface area contributed by atoms with Gasteiger partial charge in [-0.15, -0.1) is 0 Å². The van der Waals surface area contributed by atoms with E-state index in [0.717, 1.165) is 23.4 Å². The fraction of sp³-hybridized carbons (Fsp3) is 0.364. The van der Waals surface area contributed by atoms with E-state index in [9.17, 15) is 9.59 Å². The first-order valence-corrected chi connectivity index (χ1v) is 9.37. The first-order chi connectivity index (χ1) is 13.0. The zero-order chi connectivity index (χ0) is 19.4.